The average molecular weight is 338 g/mol. The summed E-state index contributed by atoms with van der Waals surface area (Å²) in [6.07, 6.45) is 2.09. The van der Waals surface area contributed by atoms with Gasteiger partial charge in [0, 0.05) is 50.8 Å². The summed E-state index contributed by atoms with van der Waals surface area (Å²) >= 11 is 1.68. The Balaban J connectivity index is 1.54. The number of rotatable bonds is 3. The molecule has 0 radical (unpaired) electrons. The van der Waals surface area contributed by atoms with Gasteiger partial charge in [0.1, 0.15) is 0 Å². The molecule has 23 heavy (non-hydrogen) atoms. The second kappa shape index (κ2) is 7.15. The average Bonchev–Trinajstić information content (AvgIpc) is 3.07. The van der Waals surface area contributed by atoms with Gasteiger partial charge in [-0.2, -0.15) is 0 Å². The molecule has 3 heterocycles. The van der Waals surface area contributed by atoms with Crippen molar-refractivity contribution in [3.8, 4) is 0 Å². The minimum Gasteiger partial charge on any atom is -0.372 e. The van der Waals surface area contributed by atoms with Gasteiger partial charge >= 0.3 is 0 Å². The first kappa shape index (κ1) is 16.7. The topological polar surface area (TPSA) is 48.9 Å². The maximum Gasteiger partial charge on any atom is 0.239 e. The Labute approximate surface area is 142 Å². The summed E-state index contributed by atoms with van der Waals surface area (Å²) in [6, 6.07) is -0.0639. The zero-order chi connectivity index (χ0) is 16.4. The Morgan fingerprint density at radius 3 is 2.48 bits per heavy atom. The number of hydrogen-bond acceptors (Lipinski definition) is 6. The molecule has 3 atom stereocenters. The molecule has 2 fully saturated rings. The molecule has 0 spiro atoms. The van der Waals surface area contributed by atoms with Crippen molar-refractivity contribution in [1.29, 1.82) is 0 Å². The molecule has 1 aromatic rings. The van der Waals surface area contributed by atoms with Gasteiger partial charge in [-0.25, -0.2) is 4.98 Å². The molecule has 0 unspecified atom stereocenters. The van der Waals surface area contributed by atoms with Crippen molar-refractivity contribution in [3.63, 3.8) is 0 Å². The monoisotopic (exact) mass is 338 g/mol. The molecule has 6 nitrogen and oxygen atoms in total. The Hall–Kier alpha value is -1.18. The summed E-state index contributed by atoms with van der Waals surface area (Å²) in [7, 11) is 0. The van der Waals surface area contributed by atoms with E-state index in [2.05, 4.69) is 14.8 Å². The highest BCUT2D eigenvalue weighted by Gasteiger charge is 2.32. The summed E-state index contributed by atoms with van der Waals surface area (Å²) in [6.45, 7) is 11.2. The number of amides is 1. The van der Waals surface area contributed by atoms with Gasteiger partial charge < -0.3 is 14.5 Å². The van der Waals surface area contributed by atoms with Crippen molar-refractivity contribution in [2.45, 2.75) is 39.0 Å². The molecule has 1 amide bonds. The van der Waals surface area contributed by atoms with E-state index in [1.807, 2.05) is 37.2 Å². The quantitative estimate of drug-likeness (QED) is 0.831. The Morgan fingerprint density at radius 1 is 1.26 bits per heavy atom. The number of aromatic nitrogens is 1. The molecule has 2 saturated heterocycles. The van der Waals surface area contributed by atoms with Gasteiger partial charge in [-0.1, -0.05) is 0 Å². The number of morpholine rings is 1. The van der Waals surface area contributed by atoms with Crippen LogP contribution in [0.1, 0.15) is 20.8 Å². The van der Waals surface area contributed by atoms with Crippen LogP contribution in [-0.2, 0) is 9.53 Å². The number of piperazine rings is 1. The maximum atomic E-state index is 12.8. The molecule has 0 bridgehead atoms. The van der Waals surface area contributed by atoms with E-state index < -0.39 is 0 Å². The predicted molar refractivity (Wildman–Crippen MR) is 92.0 cm³/mol. The first-order valence-electron chi connectivity index (χ1n) is 8.37. The molecular weight excluding hydrogens is 312 g/mol. The molecule has 0 aliphatic carbocycles. The van der Waals surface area contributed by atoms with E-state index in [-0.39, 0.29) is 24.2 Å². The molecule has 3 rings (SSSR count). The van der Waals surface area contributed by atoms with E-state index in [4.69, 9.17) is 4.74 Å². The molecule has 2 aliphatic rings. The van der Waals surface area contributed by atoms with Crippen molar-refractivity contribution < 1.29 is 9.53 Å². The summed E-state index contributed by atoms with van der Waals surface area (Å²) < 4.78 is 5.73. The highest BCUT2D eigenvalue weighted by atomic mass is 32.1. The minimum absolute atomic E-state index is 0.0639. The lowest BCUT2D eigenvalue weighted by Crippen LogP contribution is -2.57. The third-order valence-corrected chi connectivity index (χ3v) is 5.47. The first-order valence-corrected chi connectivity index (χ1v) is 9.25. The van der Waals surface area contributed by atoms with Crippen molar-refractivity contribution in [1.82, 2.24) is 14.8 Å². The zero-order valence-electron chi connectivity index (χ0n) is 14.1. The van der Waals surface area contributed by atoms with Gasteiger partial charge in [-0.3, -0.25) is 9.69 Å². The van der Waals surface area contributed by atoms with Crippen molar-refractivity contribution in [2.24, 2.45) is 0 Å². The molecule has 0 saturated carbocycles. The summed E-state index contributed by atoms with van der Waals surface area (Å²) in [5.74, 6) is 0.231. The van der Waals surface area contributed by atoms with Crippen LogP contribution in [0.4, 0.5) is 5.13 Å². The fourth-order valence-corrected chi connectivity index (χ4v) is 4.15. The lowest BCUT2D eigenvalue weighted by molar-refractivity contribution is -0.148. The van der Waals surface area contributed by atoms with E-state index in [9.17, 15) is 4.79 Å². The number of ether oxygens (including phenoxy) is 1. The van der Waals surface area contributed by atoms with Gasteiger partial charge in [-0.05, 0) is 20.8 Å². The van der Waals surface area contributed by atoms with E-state index in [1.54, 1.807) is 11.3 Å². The molecule has 2 aliphatic heterocycles. The Kier molecular flexibility index (Phi) is 5.18. The summed E-state index contributed by atoms with van der Waals surface area (Å²) in [5.41, 5.74) is 0. The number of carbonyl (C=O) groups is 1. The van der Waals surface area contributed by atoms with Crippen LogP contribution in [0.3, 0.4) is 0 Å². The largest absolute Gasteiger partial charge is 0.372 e. The molecule has 1 aromatic heterocycles. The van der Waals surface area contributed by atoms with Crippen LogP contribution >= 0.6 is 11.3 Å². The third kappa shape index (κ3) is 3.84. The maximum absolute atomic E-state index is 12.8. The van der Waals surface area contributed by atoms with Crippen LogP contribution in [0.2, 0.25) is 0 Å². The molecule has 7 heteroatoms. The number of hydrogen-bond donors (Lipinski definition) is 0. The van der Waals surface area contributed by atoms with Crippen LogP contribution in [0.25, 0.3) is 0 Å². The van der Waals surface area contributed by atoms with Crippen LogP contribution < -0.4 is 4.90 Å². The second-order valence-electron chi connectivity index (χ2n) is 6.51. The SMILES string of the molecule is C[C@@H]1CN(C(=O)[C@@H](C)N2CCN(c3nccs3)CC2)C[C@@H](C)O1. The second-order valence-corrected chi connectivity index (χ2v) is 7.39. The molecule has 128 valence electrons. The molecular formula is C16H26N4O2S. The highest BCUT2D eigenvalue weighted by molar-refractivity contribution is 7.13. The molecule has 0 N–H and O–H groups in total. The van der Waals surface area contributed by atoms with Gasteiger partial charge in [0.05, 0.1) is 18.2 Å². The van der Waals surface area contributed by atoms with E-state index >= 15 is 0 Å². The minimum atomic E-state index is -0.0639. The zero-order valence-corrected chi connectivity index (χ0v) is 15.0. The summed E-state index contributed by atoms with van der Waals surface area (Å²) in [5, 5.41) is 3.09. The summed E-state index contributed by atoms with van der Waals surface area (Å²) in [4.78, 5) is 23.7. The van der Waals surface area contributed by atoms with Crippen LogP contribution in [-0.4, -0.2) is 78.2 Å². The Morgan fingerprint density at radius 2 is 1.91 bits per heavy atom. The van der Waals surface area contributed by atoms with Crippen molar-refractivity contribution >= 4 is 22.4 Å². The number of nitrogens with zero attached hydrogens (tertiary/aromatic N) is 4. The van der Waals surface area contributed by atoms with Crippen LogP contribution in [0.5, 0.6) is 0 Å². The highest BCUT2D eigenvalue weighted by Crippen LogP contribution is 2.20. The van der Waals surface area contributed by atoms with Crippen molar-refractivity contribution in [2.75, 3.05) is 44.2 Å². The van der Waals surface area contributed by atoms with Gasteiger partial charge in [0.2, 0.25) is 5.91 Å². The number of anilines is 1. The predicted octanol–water partition coefficient (Wildman–Crippen LogP) is 1.29. The van der Waals surface area contributed by atoms with E-state index in [0.717, 1.165) is 31.3 Å². The smallest absolute Gasteiger partial charge is 0.239 e. The third-order valence-electron chi connectivity index (χ3n) is 4.64. The lowest BCUT2D eigenvalue weighted by atomic mass is 10.1. The number of carbonyl (C=O) groups excluding carboxylic acids is 1. The first-order chi connectivity index (χ1) is 11.0. The van der Waals surface area contributed by atoms with Crippen LogP contribution in [0.15, 0.2) is 11.6 Å². The van der Waals surface area contributed by atoms with Gasteiger partial charge in [0.25, 0.3) is 0 Å². The van der Waals surface area contributed by atoms with Gasteiger partial charge in [0.15, 0.2) is 5.13 Å². The van der Waals surface area contributed by atoms with Crippen LogP contribution in [0, 0.1) is 0 Å². The lowest BCUT2D eigenvalue weighted by Gasteiger charge is -2.41. The molecule has 0 aromatic carbocycles. The fourth-order valence-electron chi connectivity index (χ4n) is 3.45. The normalized spacial score (nSPS) is 28.0. The van der Waals surface area contributed by atoms with Crippen molar-refractivity contribution in [3.05, 3.63) is 11.6 Å². The van der Waals surface area contributed by atoms with E-state index in [1.165, 1.54) is 0 Å². The standard InChI is InChI=1S/C16H26N4O2S/c1-12-10-20(11-13(2)22-12)15(21)14(3)18-5-7-19(8-6-18)16-17-4-9-23-16/h4,9,12-14H,5-8,10-11H2,1-3H3/t12-,13-,14-/m1/s1. The van der Waals surface area contributed by atoms with Gasteiger partial charge in [-0.15, -0.1) is 11.3 Å². The number of thiazole rings is 1. The Bertz CT molecular complexity index is 506. The van der Waals surface area contributed by atoms with E-state index in [0.29, 0.717) is 13.1 Å². The fraction of sp³-hybridized carbons (Fsp3) is 0.750.